The third kappa shape index (κ3) is 2.96. The second kappa shape index (κ2) is 5.16. The lowest BCUT2D eigenvalue weighted by molar-refractivity contribution is -0.118. The summed E-state index contributed by atoms with van der Waals surface area (Å²) in [6, 6.07) is 0. The summed E-state index contributed by atoms with van der Waals surface area (Å²) in [6.07, 6.45) is 0.800. The van der Waals surface area contributed by atoms with E-state index >= 15 is 0 Å². The molecular formula is C10H16ClN3O. The number of halogens is 1. The van der Waals surface area contributed by atoms with Gasteiger partial charge in [-0.1, -0.05) is 0 Å². The fourth-order valence-electron chi connectivity index (χ4n) is 1.55. The summed E-state index contributed by atoms with van der Waals surface area (Å²) in [6.45, 7) is 4.61. The first-order chi connectivity index (χ1) is 7.06. The van der Waals surface area contributed by atoms with E-state index in [9.17, 15) is 4.79 Å². The van der Waals surface area contributed by atoms with Gasteiger partial charge in [-0.05, 0) is 25.8 Å². The molecule has 0 saturated carbocycles. The van der Waals surface area contributed by atoms with Crippen molar-refractivity contribution in [1.29, 1.82) is 0 Å². The summed E-state index contributed by atoms with van der Waals surface area (Å²) in [5.41, 5.74) is 3.37. The summed E-state index contributed by atoms with van der Waals surface area (Å²) in [7, 11) is 1.92. The molecule has 1 amide bonds. The molecule has 1 N–H and O–H groups in total. The van der Waals surface area contributed by atoms with E-state index in [0.29, 0.717) is 6.54 Å². The van der Waals surface area contributed by atoms with Crippen LogP contribution in [-0.4, -0.2) is 28.1 Å². The second-order valence-corrected chi connectivity index (χ2v) is 3.77. The number of hydrogen-bond donors (Lipinski definition) is 1. The average molecular weight is 230 g/mol. The van der Waals surface area contributed by atoms with E-state index in [1.165, 1.54) is 5.56 Å². The zero-order valence-corrected chi connectivity index (χ0v) is 10.1. The number of nitrogens with zero attached hydrogens (tertiary/aromatic N) is 2. The Morgan fingerprint density at radius 3 is 2.67 bits per heavy atom. The van der Waals surface area contributed by atoms with Gasteiger partial charge in [-0.2, -0.15) is 5.10 Å². The molecule has 0 atom stereocenters. The van der Waals surface area contributed by atoms with Gasteiger partial charge in [0.25, 0.3) is 0 Å². The van der Waals surface area contributed by atoms with Crippen LogP contribution in [-0.2, 0) is 18.3 Å². The van der Waals surface area contributed by atoms with Gasteiger partial charge >= 0.3 is 0 Å². The van der Waals surface area contributed by atoms with Crippen LogP contribution in [0, 0.1) is 13.8 Å². The fourth-order valence-corrected chi connectivity index (χ4v) is 1.65. The first kappa shape index (κ1) is 12.0. The zero-order chi connectivity index (χ0) is 11.4. The van der Waals surface area contributed by atoms with Crippen LogP contribution in [0.4, 0.5) is 0 Å². The third-order valence-electron chi connectivity index (χ3n) is 2.48. The topological polar surface area (TPSA) is 46.9 Å². The van der Waals surface area contributed by atoms with E-state index in [2.05, 4.69) is 10.4 Å². The van der Waals surface area contributed by atoms with E-state index in [1.54, 1.807) is 0 Å². The summed E-state index contributed by atoms with van der Waals surface area (Å²) in [5, 5.41) is 7.04. The molecule has 1 rings (SSSR count). The SMILES string of the molecule is Cc1nn(C)c(C)c1CCNC(=O)CCl. The van der Waals surface area contributed by atoms with E-state index in [0.717, 1.165) is 17.8 Å². The number of amides is 1. The number of nitrogens with one attached hydrogen (secondary N) is 1. The average Bonchev–Trinajstić information content (AvgIpc) is 2.44. The molecule has 0 fully saturated rings. The highest BCUT2D eigenvalue weighted by atomic mass is 35.5. The Morgan fingerprint density at radius 1 is 1.53 bits per heavy atom. The number of rotatable bonds is 4. The van der Waals surface area contributed by atoms with Gasteiger partial charge in [0.1, 0.15) is 5.88 Å². The highest BCUT2D eigenvalue weighted by Crippen LogP contribution is 2.11. The van der Waals surface area contributed by atoms with E-state index < -0.39 is 0 Å². The molecular weight excluding hydrogens is 214 g/mol. The molecule has 4 nitrogen and oxygen atoms in total. The van der Waals surface area contributed by atoms with Gasteiger partial charge in [-0.3, -0.25) is 9.48 Å². The maximum absolute atomic E-state index is 10.9. The molecule has 1 heterocycles. The lowest BCUT2D eigenvalue weighted by Crippen LogP contribution is -2.26. The number of carbonyl (C=O) groups excluding carboxylic acids is 1. The van der Waals surface area contributed by atoms with Crippen molar-refractivity contribution in [3.63, 3.8) is 0 Å². The number of hydrogen-bond acceptors (Lipinski definition) is 2. The van der Waals surface area contributed by atoms with Crippen LogP contribution in [0.15, 0.2) is 0 Å². The van der Waals surface area contributed by atoms with Crippen LogP contribution in [0.5, 0.6) is 0 Å². The van der Waals surface area contributed by atoms with Crippen molar-refractivity contribution in [2.45, 2.75) is 20.3 Å². The van der Waals surface area contributed by atoms with Crippen LogP contribution in [0.25, 0.3) is 0 Å². The van der Waals surface area contributed by atoms with Crippen LogP contribution < -0.4 is 5.32 Å². The van der Waals surface area contributed by atoms with Gasteiger partial charge in [-0.15, -0.1) is 11.6 Å². The smallest absolute Gasteiger partial charge is 0.234 e. The molecule has 0 unspecified atom stereocenters. The van der Waals surface area contributed by atoms with Crippen molar-refractivity contribution in [2.75, 3.05) is 12.4 Å². The quantitative estimate of drug-likeness (QED) is 0.781. The number of carbonyl (C=O) groups is 1. The van der Waals surface area contributed by atoms with Gasteiger partial charge in [0.15, 0.2) is 0 Å². The van der Waals surface area contributed by atoms with E-state index in [4.69, 9.17) is 11.6 Å². The van der Waals surface area contributed by atoms with Crippen molar-refractivity contribution < 1.29 is 4.79 Å². The minimum absolute atomic E-state index is 0.0189. The molecule has 5 heteroatoms. The van der Waals surface area contributed by atoms with Crippen LogP contribution >= 0.6 is 11.6 Å². The minimum atomic E-state index is -0.129. The van der Waals surface area contributed by atoms with Crippen LogP contribution in [0.1, 0.15) is 17.0 Å². The largest absolute Gasteiger partial charge is 0.355 e. The number of aromatic nitrogens is 2. The maximum atomic E-state index is 10.9. The van der Waals surface area contributed by atoms with E-state index in [-0.39, 0.29) is 11.8 Å². The molecule has 84 valence electrons. The standard InChI is InChI=1S/C10H16ClN3O/c1-7-9(8(2)14(3)13-7)4-5-12-10(15)6-11/h4-6H2,1-3H3,(H,12,15). The van der Waals surface area contributed by atoms with Crippen molar-refractivity contribution in [2.24, 2.45) is 7.05 Å². The molecule has 0 aromatic carbocycles. The fraction of sp³-hybridized carbons (Fsp3) is 0.600. The van der Waals surface area contributed by atoms with Gasteiger partial charge in [-0.25, -0.2) is 0 Å². The molecule has 0 bridgehead atoms. The molecule has 0 saturated heterocycles. The van der Waals surface area contributed by atoms with Crippen molar-refractivity contribution >= 4 is 17.5 Å². The Kier molecular flexibility index (Phi) is 4.15. The Labute approximate surface area is 94.6 Å². The van der Waals surface area contributed by atoms with Crippen molar-refractivity contribution in [1.82, 2.24) is 15.1 Å². The first-order valence-corrected chi connectivity index (χ1v) is 5.41. The molecule has 15 heavy (non-hydrogen) atoms. The Bertz CT molecular complexity index is 360. The Balaban J connectivity index is 2.54. The molecule has 0 aliphatic carbocycles. The maximum Gasteiger partial charge on any atom is 0.234 e. The zero-order valence-electron chi connectivity index (χ0n) is 9.30. The molecule has 0 radical (unpaired) electrons. The summed E-state index contributed by atoms with van der Waals surface area (Å²) < 4.78 is 1.86. The monoisotopic (exact) mass is 229 g/mol. The van der Waals surface area contributed by atoms with Crippen molar-refractivity contribution in [3.8, 4) is 0 Å². The third-order valence-corrected chi connectivity index (χ3v) is 2.72. The Morgan fingerprint density at radius 2 is 2.20 bits per heavy atom. The van der Waals surface area contributed by atoms with Gasteiger partial charge < -0.3 is 5.32 Å². The molecule has 0 spiro atoms. The summed E-state index contributed by atoms with van der Waals surface area (Å²) >= 11 is 5.37. The summed E-state index contributed by atoms with van der Waals surface area (Å²) in [4.78, 5) is 10.9. The predicted molar refractivity (Wildman–Crippen MR) is 60.1 cm³/mol. The van der Waals surface area contributed by atoms with E-state index in [1.807, 2.05) is 25.6 Å². The highest BCUT2D eigenvalue weighted by molar-refractivity contribution is 6.27. The number of alkyl halides is 1. The minimum Gasteiger partial charge on any atom is -0.355 e. The van der Waals surface area contributed by atoms with Gasteiger partial charge in [0, 0.05) is 19.3 Å². The molecule has 1 aromatic heterocycles. The lowest BCUT2D eigenvalue weighted by Gasteiger charge is -2.03. The molecule has 0 aliphatic heterocycles. The summed E-state index contributed by atoms with van der Waals surface area (Å²) in [5.74, 6) is -0.110. The number of aryl methyl sites for hydroxylation is 2. The van der Waals surface area contributed by atoms with Crippen LogP contribution in [0.2, 0.25) is 0 Å². The van der Waals surface area contributed by atoms with Crippen molar-refractivity contribution in [3.05, 3.63) is 17.0 Å². The first-order valence-electron chi connectivity index (χ1n) is 4.88. The lowest BCUT2D eigenvalue weighted by atomic mass is 10.1. The second-order valence-electron chi connectivity index (χ2n) is 3.51. The molecule has 1 aromatic rings. The highest BCUT2D eigenvalue weighted by Gasteiger charge is 2.08. The van der Waals surface area contributed by atoms with Gasteiger partial charge in [0.2, 0.25) is 5.91 Å². The van der Waals surface area contributed by atoms with Crippen LogP contribution in [0.3, 0.4) is 0 Å². The van der Waals surface area contributed by atoms with Gasteiger partial charge in [0.05, 0.1) is 5.69 Å². The normalized spacial score (nSPS) is 10.4. The molecule has 0 aliphatic rings. The predicted octanol–water partition coefficient (Wildman–Crippen LogP) is 0.934. The Hall–Kier alpha value is -1.03.